The van der Waals surface area contributed by atoms with Crippen molar-refractivity contribution in [1.29, 1.82) is 0 Å². The first-order valence-electron chi connectivity index (χ1n) is 11.2. The minimum atomic E-state index is -0.520. The van der Waals surface area contributed by atoms with Crippen molar-refractivity contribution < 1.29 is 19.1 Å². The molecule has 7 heteroatoms. The number of nitrogens with zero attached hydrogens (tertiary/aromatic N) is 2. The van der Waals surface area contributed by atoms with Crippen molar-refractivity contribution in [3.8, 4) is 0 Å². The van der Waals surface area contributed by atoms with Crippen LogP contribution in [0.4, 0.5) is 4.79 Å². The summed E-state index contributed by atoms with van der Waals surface area (Å²) >= 11 is 0. The molecule has 0 aromatic heterocycles. The summed E-state index contributed by atoms with van der Waals surface area (Å²) in [5.74, 6) is -0.208. The number of carbonyl (C=O) groups is 2. The number of nitrogens with one attached hydrogen (secondary N) is 1. The summed E-state index contributed by atoms with van der Waals surface area (Å²) in [7, 11) is 0. The van der Waals surface area contributed by atoms with Gasteiger partial charge in [-0.1, -0.05) is 30.3 Å². The van der Waals surface area contributed by atoms with Crippen LogP contribution < -0.4 is 5.32 Å². The molecule has 0 bridgehead atoms. The van der Waals surface area contributed by atoms with Crippen molar-refractivity contribution >= 4 is 12.1 Å². The normalized spacial score (nSPS) is 18.0. The van der Waals surface area contributed by atoms with Gasteiger partial charge >= 0.3 is 12.1 Å². The molecule has 1 unspecified atom stereocenters. The molecular weight excluding hydrogens is 394 g/mol. The first-order chi connectivity index (χ1) is 14.5. The molecule has 0 saturated carbocycles. The third kappa shape index (κ3) is 8.87. The second-order valence-electron chi connectivity index (χ2n) is 9.78. The smallest absolute Gasteiger partial charge is 0.410 e. The molecule has 7 nitrogen and oxygen atoms in total. The Morgan fingerprint density at radius 2 is 1.77 bits per heavy atom. The maximum atomic E-state index is 12.6. The van der Waals surface area contributed by atoms with Gasteiger partial charge in [-0.05, 0) is 47.1 Å². The Labute approximate surface area is 187 Å². The van der Waals surface area contributed by atoms with Crippen molar-refractivity contribution in [2.45, 2.75) is 71.7 Å². The lowest BCUT2D eigenvalue weighted by molar-refractivity contribution is -0.144. The third-order valence-electron chi connectivity index (χ3n) is 5.19. The number of hydrogen-bond acceptors (Lipinski definition) is 6. The van der Waals surface area contributed by atoms with Crippen LogP contribution in [0.5, 0.6) is 0 Å². The van der Waals surface area contributed by atoms with Crippen molar-refractivity contribution in [1.82, 2.24) is 15.1 Å². The Kier molecular flexibility index (Phi) is 8.89. The fraction of sp³-hybridized carbons (Fsp3) is 0.667. The van der Waals surface area contributed by atoms with Gasteiger partial charge in [0.1, 0.15) is 5.60 Å². The summed E-state index contributed by atoms with van der Waals surface area (Å²) in [4.78, 5) is 28.8. The minimum Gasteiger partial charge on any atom is -0.466 e. The Morgan fingerprint density at radius 3 is 2.39 bits per heavy atom. The predicted molar refractivity (Wildman–Crippen MR) is 122 cm³/mol. The van der Waals surface area contributed by atoms with Gasteiger partial charge in [-0.25, -0.2) is 4.79 Å². The van der Waals surface area contributed by atoms with Gasteiger partial charge in [0.25, 0.3) is 0 Å². The van der Waals surface area contributed by atoms with E-state index in [1.54, 1.807) is 4.90 Å². The van der Waals surface area contributed by atoms with Gasteiger partial charge in [-0.2, -0.15) is 0 Å². The highest BCUT2D eigenvalue weighted by molar-refractivity contribution is 5.70. The predicted octanol–water partition coefficient (Wildman–Crippen LogP) is 3.43. The summed E-state index contributed by atoms with van der Waals surface area (Å²) < 4.78 is 10.7. The van der Waals surface area contributed by atoms with E-state index in [4.69, 9.17) is 9.47 Å². The van der Waals surface area contributed by atoms with Gasteiger partial charge in [0.15, 0.2) is 0 Å². The zero-order valence-electron chi connectivity index (χ0n) is 19.9. The summed E-state index contributed by atoms with van der Waals surface area (Å²) in [5.41, 5.74) is 0.316. The van der Waals surface area contributed by atoms with Gasteiger partial charge in [-0.3, -0.25) is 9.69 Å². The number of piperazine rings is 1. The Morgan fingerprint density at radius 1 is 1.10 bits per heavy atom. The lowest BCUT2D eigenvalue weighted by Gasteiger charge is -2.43. The summed E-state index contributed by atoms with van der Waals surface area (Å²) in [6, 6.07) is 10.4. The van der Waals surface area contributed by atoms with Crippen molar-refractivity contribution in [3.63, 3.8) is 0 Å². The highest BCUT2D eigenvalue weighted by Crippen LogP contribution is 2.18. The molecule has 31 heavy (non-hydrogen) atoms. The van der Waals surface area contributed by atoms with E-state index in [-0.39, 0.29) is 18.1 Å². The molecule has 1 amide bonds. The first kappa shape index (κ1) is 25.1. The van der Waals surface area contributed by atoms with Crippen molar-refractivity contribution in [2.24, 2.45) is 0 Å². The van der Waals surface area contributed by atoms with E-state index in [1.165, 1.54) is 5.56 Å². The Bertz CT molecular complexity index is 715. The lowest BCUT2D eigenvalue weighted by Crippen LogP contribution is -2.59. The maximum absolute atomic E-state index is 12.6. The van der Waals surface area contributed by atoms with Crippen LogP contribution in [0.1, 0.15) is 53.5 Å². The fourth-order valence-corrected chi connectivity index (χ4v) is 3.63. The standard InChI is InChI=1S/C24H39N3O4/c1-7-30-21(28)15-24(5,6)25-16-20-18-27(22(29)31-23(2,3)4)14-13-26(20)17-19-11-9-8-10-12-19/h8-12,20,25H,7,13-18H2,1-6H3. The highest BCUT2D eigenvalue weighted by atomic mass is 16.6. The van der Waals surface area contributed by atoms with Gasteiger partial charge in [0.05, 0.1) is 13.0 Å². The van der Waals surface area contributed by atoms with E-state index in [2.05, 4.69) is 22.3 Å². The van der Waals surface area contributed by atoms with Crippen LogP contribution in [0.2, 0.25) is 0 Å². The molecule has 1 N–H and O–H groups in total. The number of esters is 1. The number of hydrogen-bond donors (Lipinski definition) is 1. The molecule has 174 valence electrons. The molecular formula is C24H39N3O4. The summed E-state index contributed by atoms with van der Waals surface area (Å²) in [6.07, 6.45) is 0.0183. The van der Waals surface area contributed by atoms with E-state index in [0.717, 1.165) is 13.1 Å². The topological polar surface area (TPSA) is 71.1 Å². The van der Waals surface area contributed by atoms with Crippen molar-refractivity contribution in [3.05, 3.63) is 35.9 Å². The number of carbonyl (C=O) groups excluding carboxylic acids is 2. The fourth-order valence-electron chi connectivity index (χ4n) is 3.63. The number of ether oxygens (including phenoxy) is 2. The SMILES string of the molecule is CCOC(=O)CC(C)(C)NCC1CN(C(=O)OC(C)(C)C)CCN1Cc1ccccc1. The zero-order valence-corrected chi connectivity index (χ0v) is 19.9. The molecule has 1 heterocycles. The molecule has 0 radical (unpaired) electrons. The minimum absolute atomic E-state index is 0.0999. The first-order valence-corrected chi connectivity index (χ1v) is 11.2. The average Bonchev–Trinajstić information content (AvgIpc) is 2.66. The number of rotatable bonds is 8. The molecule has 1 aromatic carbocycles. The van der Waals surface area contributed by atoms with Crippen LogP contribution in [0.15, 0.2) is 30.3 Å². The molecule has 1 atom stereocenters. The number of benzene rings is 1. The number of amides is 1. The van der Waals surface area contributed by atoms with Crippen molar-refractivity contribution in [2.75, 3.05) is 32.8 Å². The van der Waals surface area contributed by atoms with Gasteiger partial charge in [0, 0.05) is 44.3 Å². The van der Waals surface area contributed by atoms with Crippen LogP contribution >= 0.6 is 0 Å². The van der Waals surface area contributed by atoms with E-state index >= 15 is 0 Å². The lowest BCUT2D eigenvalue weighted by atomic mass is 9.99. The molecule has 1 saturated heterocycles. The van der Waals surface area contributed by atoms with Crippen LogP contribution in [0, 0.1) is 0 Å². The summed E-state index contributed by atoms with van der Waals surface area (Å²) in [6.45, 7) is 15.3. The average molecular weight is 434 g/mol. The van der Waals surface area contributed by atoms with E-state index < -0.39 is 11.1 Å². The van der Waals surface area contributed by atoms with Crippen LogP contribution in [0.25, 0.3) is 0 Å². The zero-order chi connectivity index (χ0) is 23.1. The van der Waals surface area contributed by atoms with E-state index in [0.29, 0.717) is 32.7 Å². The quantitative estimate of drug-likeness (QED) is 0.634. The Hall–Kier alpha value is -2.12. The molecule has 1 fully saturated rings. The van der Waals surface area contributed by atoms with Gasteiger partial charge < -0.3 is 19.7 Å². The van der Waals surface area contributed by atoms with E-state index in [9.17, 15) is 9.59 Å². The maximum Gasteiger partial charge on any atom is 0.410 e. The monoisotopic (exact) mass is 433 g/mol. The Balaban J connectivity index is 2.06. The molecule has 1 aliphatic rings. The molecule has 0 spiro atoms. The third-order valence-corrected chi connectivity index (χ3v) is 5.19. The molecule has 2 rings (SSSR count). The molecule has 1 aromatic rings. The second kappa shape index (κ2) is 11.0. The second-order valence-corrected chi connectivity index (χ2v) is 9.78. The summed E-state index contributed by atoms with van der Waals surface area (Å²) in [5, 5.41) is 3.52. The highest BCUT2D eigenvalue weighted by Gasteiger charge is 2.33. The van der Waals surface area contributed by atoms with Gasteiger partial charge in [0.2, 0.25) is 0 Å². The molecule has 0 aliphatic carbocycles. The molecule has 1 aliphatic heterocycles. The largest absolute Gasteiger partial charge is 0.466 e. The van der Waals surface area contributed by atoms with Crippen LogP contribution in [-0.4, -0.2) is 71.8 Å². The van der Waals surface area contributed by atoms with Crippen LogP contribution in [-0.2, 0) is 20.8 Å². The van der Waals surface area contributed by atoms with Crippen LogP contribution in [0.3, 0.4) is 0 Å². The van der Waals surface area contributed by atoms with E-state index in [1.807, 2.05) is 59.7 Å². The van der Waals surface area contributed by atoms with Gasteiger partial charge in [-0.15, -0.1) is 0 Å².